The van der Waals surface area contributed by atoms with E-state index in [1.165, 1.54) is 32.1 Å². The third kappa shape index (κ3) is 3.76. The standard InChI is InChI=1S/C10H20O/c1-10(2)7-5-3-4-6-8-11-9-10/h3-9H2,1-2H3. The fourth-order valence-corrected chi connectivity index (χ4v) is 1.58. The summed E-state index contributed by atoms with van der Waals surface area (Å²) in [5, 5.41) is 0. The minimum absolute atomic E-state index is 0.421. The Morgan fingerprint density at radius 1 is 1.00 bits per heavy atom. The van der Waals surface area contributed by atoms with Gasteiger partial charge in [-0.3, -0.25) is 0 Å². The van der Waals surface area contributed by atoms with E-state index in [1.807, 2.05) is 0 Å². The number of rotatable bonds is 0. The maximum atomic E-state index is 5.57. The highest BCUT2D eigenvalue weighted by atomic mass is 16.5. The second-order valence-corrected chi connectivity index (χ2v) is 4.38. The highest BCUT2D eigenvalue weighted by Crippen LogP contribution is 2.25. The van der Waals surface area contributed by atoms with Gasteiger partial charge < -0.3 is 4.74 Å². The van der Waals surface area contributed by atoms with Crippen LogP contribution < -0.4 is 0 Å². The molecule has 0 radical (unpaired) electrons. The van der Waals surface area contributed by atoms with Crippen LogP contribution in [0.1, 0.15) is 46.0 Å². The van der Waals surface area contributed by atoms with Gasteiger partial charge in [-0.05, 0) is 18.3 Å². The van der Waals surface area contributed by atoms with Crippen molar-refractivity contribution in [1.82, 2.24) is 0 Å². The first-order valence-electron chi connectivity index (χ1n) is 4.78. The Morgan fingerprint density at radius 2 is 1.73 bits per heavy atom. The van der Waals surface area contributed by atoms with Gasteiger partial charge in [0.05, 0.1) is 6.61 Å². The third-order valence-corrected chi connectivity index (χ3v) is 2.39. The molecular formula is C10H20O. The predicted molar refractivity (Wildman–Crippen MR) is 47.7 cm³/mol. The molecule has 0 atom stereocenters. The third-order valence-electron chi connectivity index (χ3n) is 2.39. The van der Waals surface area contributed by atoms with Crippen molar-refractivity contribution in [3.05, 3.63) is 0 Å². The first kappa shape index (κ1) is 9.05. The molecule has 66 valence electrons. The highest BCUT2D eigenvalue weighted by Gasteiger charge is 2.18. The van der Waals surface area contributed by atoms with Crippen LogP contribution in [0, 0.1) is 5.41 Å². The fraction of sp³-hybridized carbons (Fsp3) is 1.00. The van der Waals surface area contributed by atoms with Gasteiger partial charge >= 0.3 is 0 Å². The van der Waals surface area contributed by atoms with E-state index >= 15 is 0 Å². The summed E-state index contributed by atoms with van der Waals surface area (Å²) < 4.78 is 5.57. The lowest BCUT2D eigenvalue weighted by atomic mass is 9.88. The van der Waals surface area contributed by atoms with Crippen LogP contribution in [-0.2, 0) is 4.74 Å². The molecule has 1 fully saturated rings. The predicted octanol–water partition coefficient (Wildman–Crippen LogP) is 2.99. The smallest absolute Gasteiger partial charge is 0.0517 e. The Kier molecular flexibility index (Phi) is 3.38. The molecule has 1 saturated heterocycles. The first-order valence-corrected chi connectivity index (χ1v) is 4.78. The lowest BCUT2D eigenvalue weighted by Gasteiger charge is -2.22. The van der Waals surface area contributed by atoms with E-state index in [0.717, 1.165) is 13.2 Å². The molecule has 0 saturated carbocycles. The van der Waals surface area contributed by atoms with Crippen molar-refractivity contribution in [2.24, 2.45) is 5.41 Å². The molecule has 0 aliphatic carbocycles. The molecule has 1 nitrogen and oxygen atoms in total. The molecule has 0 aromatic rings. The summed E-state index contributed by atoms with van der Waals surface area (Å²) in [5.41, 5.74) is 0.421. The molecule has 0 spiro atoms. The molecule has 0 unspecified atom stereocenters. The van der Waals surface area contributed by atoms with Gasteiger partial charge in [0.2, 0.25) is 0 Å². The molecule has 1 aliphatic rings. The van der Waals surface area contributed by atoms with Crippen molar-refractivity contribution < 1.29 is 4.74 Å². The SMILES string of the molecule is CC1(C)CCCCCCOC1. The van der Waals surface area contributed by atoms with Crippen LogP contribution in [0.3, 0.4) is 0 Å². The lowest BCUT2D eigenvalue weighted by molar-refractivity contribution is 0.0607. The van der Waals surface area contributed by atoms with Gasteiger partial charge in [-0.15, -0.1) is 0 Å². The Morgan fingerprint density at radius 3 is 2.55 bits per heavy atom. The molecule has 1 aliphatic heterocycles. The van der Waals surface area contributed by atoms with Crippen LogP contribution in [0.25, 0.3) is 0 Å². The molecule has 0 aromatic carbocycles. The van der Waals surface area contributed by atoms with E-state index in [1.54, 1.807) is 0 Å². The largest absolute Gasteiger partial charge is 0.381 e. The highest BCUT2D eigenvalue weighted by molar-refractivity contribution is 4.68. The van der Waals surface area contributed by atoms with Crippen LogP contribution >= 0.6 is 0 Å². The summed E-state index contributed by atoms with van der Waals surface area (Å²) >= 11 is 0. The van der Waals surface area contributed by atoms with E-state index < -0.39 is 0 Å². The average Bonchev–Trinajstić information content (AvgIpc) is 2.00. The van der Waals surface area contributed by atoms with E-state index in [9.17, 15) is 0 Å². The van der Waals surface area contributed by atoms with Gasteiger partial charge in [-0.2, -0.15) is 0 Å². The molecule has 11 heavy (non-hydrogen) atoms. The van der Waals surface area contributed by atoms with Crippen molar-refractivity contribution in [3.8, 4) is 0 Å². The molecule has 0 N–H and O–H groups in total. The Bertz CT molecular complexity index is 95.4. The van der Waals surface area contributed by atoms with Crippen molar-refractivity contribution in [3.63, 3.8) is 0 Å². The van der Waals surface area contributed by atoms with Gasteiger partial charge in [0.15, 0.2) is 0 Å². The molecule has 0 amide bonds. The summed E-state index contributed by atoms with van der Waals surface area (Å²) in [4.78, 5) is 0. The zero-order valence-electron chi connectivity index (χ0n) is 7.86. The second kappa shape index (κ2) is 4.10. The molecule has 1 rings (SSSR count). The summed E-state index contributed by atoms with van der Waals surface area (Å²) in [6.07, 6.45) is 6.72. The van der Waals surface area contributed by atoms with Gasteiger partial charge in [-0.1, -0.05) is 33.1 Å². The quantitative estimate of drug-likeness (QED) is 0.524. The van der Waals surface area contributed by atoms with E-state index in [0.29, 0.717) is 5.41 Å². The topological polar surface area (TPSA) is 9.23 Å². The Labute approximate surface area is 70.1 Å². The van der Waals surface area contributed by atoms with Crippen LogP contribution in [0.5, 0.6) is 0 Å². The van der Waals surface area contributed by atoms with Crippen LogP contribution in [0.15, 0.2) is 0 Å². The average molecular weight is 156 g/mol. The monoisotopic (exact) mass is 156 g/mol. The van der Waals surface area contributed by atoms with Crippen LogP contribution in [0.2, 0.25) is 0 Å². The van der Waals surface area contributed by atoms with Crippen molar-refractivity contribution in [1.29, 1.82) is 0 Å². The molecule has 1 heterocycles. The molecule has 0 aromatic heterocycles. The van der Waals surface area contributed by atoms with E-state index in [4.69, 9.17) is 4.74 Å². The number of hydrogen-bond acceptors (Lipinski definition) is 1. The molecule has 1 heteroatoms. The summed E-state index contributed by atoms with van der Waals surface area (Å²) in [5.74, 6) is 0. The summed E-state index contributed by atoms with van der Waals surface area (Å²) in [6, 6.07) is 0. The Balaban J connectivity index is 2.31. The summed E-state index contributed by atoms with van der Waals surface area (Å²) in [7, 11) is 0. The van der Waals surface area contributed by atoms with Gasteiger partial charge in [-0.25, -0.2) is 0 Å². The van der Waals surface area contributed by atoms with E-state index in [-0.39, 0.29) is 0 Å². The summed E-state index contributed by atoms with van der Waals surface area (Å²) in [6.45, 7) is 6.53. The van der Waals surface area contributed by atoms with Gasteiger partial charge in [0, 0.05) is 6.61 Å². The number of hydrogen-bond donors (Lipinski definition) is 0. The van der Waals surface area contributed by atoms with Crippen molar-refractivity contribution in [2.45, 2.75) is 46.0 Å². The zero-order chi connectivity index (χ0) is 8.16. The minimum Gasteiger partial charge on any atom is -0.381 e. The molecule has 0 bridgehead atoms. The second-order valence-electron chi connectivity index (χ2n) is 4.38. The zero-order valence-corrected chi connectivity index (χ0v) is 7.86. The normalized spacial score (nSPS) is 26.7. The van der Waals surface area contributed by atoms with Crippen LogP contribution in [0.4, 0.5) is 0 Å². The van der Waals surface area contributed by atoms with Gasteiger partial charge in [0.1, 0.15) is 0 Å². The van der Waals surface area contributed by atoms with Gasteiger partial charge in [0.25, 0.3) is 0 Å². The minimum atomic E-state index is 0.421. The van der Waals surface area contributed by atoms with E-state index in [2.05, 4.69) is 13.8 Å². The van der Waals surface area contributed by atoms with Crippen molar-refractivity contribution >= 4 is 0 Å². The first-order chi connectivity index (χ1) is 5.21. The Hall–Kier alpha value is -0.0400. The number of ether oxygens (including phenoxy) is 1. The lowest BCUT2D eigenvalue weighted by Crippen LogP contribution is -2.18. The van der Waals surface area contributed by atoms with Crippen LogP contribution in [-0.4, -0.2) is 13.2 Å². The molecular weight excluding hydrogens is 136 g/mol. The maximum Gasteiger partial charge on any atom is 0.0517 e. The fourth-order valence-electron chi connectivity index (χ4n) is 1.58. The van der Waals surface area contributed by atoms with Crippen molar-refractivity contribution in [2.75, 3.05) is 13.2 Å². The maximum absolute atomic E-state index is 5.57.